The van der Waals surface area contributed by atoms with E-state index in [9.17, 15) is 5.11 Å². The van der Waals surface area contributed by atoms with E-state index in [2.05, 4.69) is 15.9 Å². The van der Waals surface area contributed by atoms with Gasteiger partial charge in [0.05, 0.1) is 6.61 Å². The number of hydrogen-bond donors (Lipinski definition) is 2. The highest BCUT2D eigenvalue weighted by molar-refractivity contribution is 9.10. The van der Waals surface area contributed by atoms with Crippen LogP contribution in [0.2, 0.25) is 0 Å². The predicted octanol–water partition coefficient (Wildman–Crippen LogP) is 1.47. The quantitative estimate of drug-likeness (QED) is 0.787. The van der Waals surface area contributed by atoms with Crippen LogP contribution in [0.1, 0.15) is 11.7 Å². The van der Waals surface area contributed by atoms with Crippen LogP contribution < -0.4 is 0 Å². The van der Waals surface area contributed by atoms with Crippen LogP contribution in [-0.2, 0) is 0 Å². The van der Waals surface area contributed by atoms with Gasteiger partial charge in [0, 0.05) is 4.47 Å². The summed E-state index contributed by atoms with van der Waals surface area (Å²) in [5, 5.41) is 17.9. The van der Waals surface area contributed by atoms with Crippen LogP contribution >= 0.6 is 15.9 Å². The molecule has 0 spiro atoms. The van der Waals surface area contributed by atoms with Crippen molar-refractivity contribution < 1.29 is 10.2 Å². The fraction of sp³-hybridized carbons (Fsp3) is 0.250. The lowest BCUT2D eigenvalue weighted by atomic mass is 10.1. The van der Waals surface area contributed by atoms with Crippen molar-refractivity contribution in [1.29, 1.82) is 0 Å². The van der Waals surface area contributed by atoms with Crippen LogP contribution in [0.5, 0.6) is 0 Å². The van der Waals surface area contributed by atoms with Crippen molar-refractivity contribution in [3.8, 4) is 0 Å². The molecule has 0 amide bonds. The maximum atomic E-state index is 9.23. The Balaban J connectivity index is 2.93. The molecule has 1 atom stereocenters. The molecule has 0 saturated heterocycles. The Kier molecular flexibility index (Phi) is 3.05. The third kappa shape index (κ3) is 2.02. The molecule has 3 heteroatoms. The number of benzene rings is 1. The fourth-order valence-electron chi connectivity index (χ4n) is 0.844. The minimum atomic E-state index is -0.787. The average Bonchev–Trinajstić information content (AvgIpc) is 2.04. The third-order valence-electron chi connectivity index (χ3n) is 1.44. The zero-order valence-electron chi connectivity index (χ0n) is 5.87. The number of aliphatic hydroxyl groups excluding tert-OH is 2. The molecule has 60 valence electrons. The van der Waals surface area contributed by atoms with Crippen molar-refractivity contribution in [2.24, 2.45) is 0 Å². The molecule has 1 rings (SSSR count). The lowest BCUT2D eigenvalue weighted by molar-refractivity contribution is 0.0951. The van der Waals surface area contributed by atoms with E-state index in [4.69, 9.17) is 5.11 Å². The molecule has 2 nitrogen and oxygen atoms in total. The molecule has 0 aliphatic rings. The summed E-state index contributed by atoms with van der Waals surface area (Å²) in [6, 6.07) is 7.27. The van der Waals surface area contributed by atoms with Crippen LogP contribution in [0, 0.1) is 0 Å². The first-order chi connectivity index (χ1) is 5.25. The van der Waals surface area contributed by atoms with Gasteiger partial charge in [0.2, 0.25) is 0 Å². The van der Waals surface area contributed by atoms with E-state index >= 15 is 0 Å². The Morgan fingerprint density at radius 1 is 1.36 bits per heavy atom. The zero-order chi connectivity index (χ0) is 8.27. The van der Waals surface area contributed by atoms with E-state index in [-0.39, 0.29) is 6.61 Å². The average molecular weight is 217 g/mol. The first-order valence-electron chi connectivity index (χ1n) is 3.29. The van der Waals surface area contributed by atoms with E-state index in [1.54, 1.807) is 6.07 Å². The summed E-state index contributed by atoms with van der Waals surface area (Å²) in [6.07, 6.45) is -0.787. The van der Waals surface area contributed by atoms with Gasteiger partial charge in [-0.1, -0.05) is 34.1 Å². The molecule has 0 unspecified atom stereocenters. The molecule has 0 aliphatic carbocycles. The second-order valence-electron chi connectivity index (χ2n) is 2.22. The van der Waals surface area contributed by atoms with Gasteiger partial charge in [-0.2, -0.15) is 0 Å². The van der Waals surface area contributed by atoms with E-state index in [1.165, 1.54) is 0 Å². The Hall–Kier alpha value is -0.380. The lowest BCUT2D eigenvalue weighted by Crippen LogP contribution is -2.02. The summed E-state index contributed by atoms with van der Waals surface area (Å²) >= 11 is 3.27. The molecule has 1 aromatic carbocycles. The molecule has 0 fully saturated rings. The molecule has 2 N–H and O–H groups in total. The first-order valence-corrected chi connectivity index (χ1v) is 4.08. The van der Waals surface area contributed by atoms with Gasteiger partial charge in [0.1, 0.15) is 6.10 Å². The zero-order valence-corrected chi connectivity index (χ0v) is 7.45. The summed E-state index contributed by atoms with van der Waals surface area (Å²) in [6.45, 7) is -0.247. The highest BCUT2D eigenvalue weighted by Gasteiger charge is 2.07. The van der Waals surface area contributed by atoms with Gasteiger partial charge in [-0.05, 0) is 11.6 Å². The number of rotatable bonds is 2. The molecular weight excluding hydrogens is 208 g/mol. The summed E-state index contributed by atoms with van der Waals surface area (Å²) < 4.78 is 0.821. The van der Waals surface area contributed by atoms with Crippen molar-refractivity contribution in [3.63, 3.8) is 0 Å². The largest absolute Gasteiger partial charge is 0.393 e. The van der Waals surface area contributed by atoms with Gasteiger partial charge in [-0.25, -0.2) is 0 Å². The molecule has 1 aromatic rings. The topological polar surface area (TPSA) is 40.5 Å². The molecule has 0 bridgehead atoms. The Bertz CT molecular complexity index is 237. The minimum Gasteiger partial charge on any atom is -0.393 e. The van der Waals surface area contributed by atoms with Crippen LogP contribution in [0.25, 0.3) is 0 Å². The second kappa shape index (κ2) is 3.85. The van der Waals surface area contributed by atoms with Crippen LogP contribution in [0.15, 0.2) is 28.7 Å². The van der Waals surface area contributed by atoms with Gasteiger partial charge >= 0.3 is 0 Å². The van der Waals surface area contributed by atoms with E-state index < -0.39 is 6.10 Å². The molecule has 0 radical (unpaired) electrons. The monoisotopic (exact) mass is 216 g/mol. The number of aliphatic hydroxyl groups is 2. The van der Waals surface area contributed by atoms with Crippen molar-refractivity contribution >= 4 is 15.9 Å². The molecular formula is C8H9BrO2. The van der Waals surface area contributed by atoms with Gasteiger partial charge in [0.15, 0.2) is 0 Å². The first kappa shape index (κ1) is 8.71. The van der Waals surface area contributed by atoms with E-state index in [0.29, 0.717) is 0 Å². The second-order valence-corrected chi connectivity index (χ2v) is 3.07. The van der Waals surface area contributed by atoms with Gasteiger partial charge in [0.25, 0.3) is 0 Å². The number of hydrogen-bond acceptors (Lipinski definition) is 2. The minimum absolute atomic E-state index is 0.247. The molecule has 0 aromatic heterocycles. The van der Waals surface area contributed by atoms with E-state index in [0.717, 1.165) is 10.0 Å². The van der Waals surface area contributed by atoms with E-state index in [1.807, 2.05) is 18.2 Å². The third-order valence-corrected chi connectivity index (χ3v) is 2.16. The molecule has 0 aliphatic heterocycles. The molecule has 0 heterocycles. The number of halogens is 1. The van der Waals surface area contributed by atoms with Gasteiger partial charge in [-0.15, -0.1) is 0 Å². The lowest BCUT2D eigenvalue weighted by Gasteiger charge is -2.08. The van der Waals surface area contributed by atoms with Crippen molar-refractivity contribution in [3.05, 3.63) is 34.3 Å². The predicted molar refractivity (Wildman–Crippen MR) is 46.2 cm³/mol. The summed E-state index contributed by atoms with van der Waals surface area (Å²) in [7, 11) is 0. The smallest absolute Gasteiger partial charge is 0.103 e. The summed E-state index contributed by atoms with van der Waals surface area (Å²) in [5.41, 5.74) is 0.718. The van der Waals surface area contributed by atoms with Gasteiger partial charge < -0.3 is 10.2 Å². The van der Waals surface area contributed by atoms with Crippen LogP contribution in [0.3, 0.4) is 0 Å². The molecule has 0 saturated carbocycles. The normalized spacial score (nSPS) is 13.0. The Morgan fingerprint density at radius 3 is 2.55 bits per heavy atom. The Labute approximate surface area is 73.6 Å². The summed E-state index contributed by atoms with van der Waals surface area (Å²) in [5.74, 6) is 0. The van der Waals surface area contributed by atoms with Crippen LogP contribution in [-0.4, -0.2) is 16.8 Å². The maximum Gasteiger partial charge on any atom is 0.103 e. The maximum absolute atomic E-state index is 9.23. The highest BCUT2D eigenvalue weighted by Crippen LogP contribution is 2.22. The van der Waals surface area contributed by atoms with Gasteiger partial charge in [-0.3, -0.25) is 0 Å². The SMILES string of the molecule is OC[C@@H](O)c1ccccc1Br. The molecule has 11 heavy (non-hydrogen) atoms. The highest BCUT2D eigenvalue weighted by atomic mass is 79.9. The fourth-order valence-corrected chi connectivity index (χ4v) is 1.39. The Morgan fingerprint density at radius 2 is 2.00 bits per heavy atom. The standard InChI is InChI=1S/C8H9BrO2/c9-7-4-2-1-3-6(7)8(11)5-10/h1-4,8,10-11H,5H2/t8-/m1/s1. The van der Waals surface area contributed by atoms with Crippen LogP contribution in [0.4, 0.5) is 0 Å². The van der Waals surface area contributed by atoms with Crippen molar-refractivity contribution in [2.75, 3.05) is 6.61 Å². The van der Waals surface area contributed by atoms with Crippen molar-refractivity contribution in [1.82, 2.24) is 0 Å². The van der Waals surface area contributed by atoms with Crippen molar-refractivity contribution in [2.45, 2.75) is 6.10 Å². The summed E-state index contributed by atoms with van der Waals surface area (Å²) in [4.78, 5) is 0.